The molecule has 6 heteroatoms. The highest BCUT2D eigenvalue weighted by Crippen LogP contribution is 2.39. The van der Waals surface area contributed by atoms with Crippen molar-refractivity contribution in [3.05, 3.63) is 182 Å². The van der Waals surface area contributed by atoms with Gasteiger partial charge in [0.2, 0.25) is 5.89 Å². The smallest absolute Gasteiger partial charge is 0.227 e. The molecule has 56 heavy (non-hydrogen) atoms. The van der Waals surface area contributed by atoms with E-state index in [4.69, 9.17) is 28.8 Å². The molecule has 8 aromatic carbocycles. The third-order valence-corrected chi connectivity index (χ3v) is 10.4. The van der Waals surface area contributed by atoms with Crippen LogP contribution in [0.25, 0.3) is 112 Å². The van der Waals surface area contributed by atoms with Crippen LogP contribution in [0.4, 0.5) is 0 Å². The lowest BCUT2D eigenvalue weighted by Gasteiger charge is -2.11. The molecule has 0 saturated heterocycles. The first-order chi connectivity index (χ1) is 27.7. The van der Waals surface area contributed by atoms with E-state index in [9.17, 15) is 0 Å². The minimum atomic E-state index is 0.586. The normalized spacial score (nSPS) is 11.6. The quantitative estimate of drug-likeness (QED) is 0.170. The number of nitrogens with zero attached hydrogens (tertiary/aromatic N) is 4. The molecule has 3 heterocycles. The number of furan rings is 1. The molecule has 0 spiro atoms. The zero-order valence-corrected chi connectivity index (χ0v) is 29.9. The van der Waals surface area contributed by atoms with Gasteiger partial charge in [-0.05, 0) is 51.2 Å². The average molecular weight is 719 g/mol. The van der Waals surface area contributed by atoms with Crippen molar-refractivity contribution >= 4 is 43.8 Å². The van der Waals surface area contributed by atoms with Gasteiger partial charge in [-0.15, -0.1) is 0 Å². The van der Waals surface area contributed by atoms with E-state index in [-0.39, 0.29) is 0 Å². The highest BCUT2D eigenvalue weighted by Gasteiger charge is 2.17. The van der Waals surface area contributed by atoms with Crippen LogP contribution >= 0.6 is 0 Å². The van der Waals surface area contributed by atoms with E-state index in [0.717, 1.165) is 82.7 Å². The minimum Gasteiger partial charge on any atom is -0.456 e. The van der Waals surface area contributed by atoms with Gasteiger partial charge in [0.15, 0.2) is 23.1 Å². The Morgan fingerprint density at radius 2 is 0.768 bits per heavy atom. The maximum atomic E-state index is 6.38. The third-order valence-electron chi connectivity index (χ3n) is 10.4. The zero-order valence-electron chi connectivity index (χ0n) is 29.9. The van der Waals surface area contributed by atoms with Crippen molar-refractivity contribution < 1.29 is 8.83 Å². The van der Waals surface area contributed by atoms with Crippen molar-refractivity contribution in [1.82, 2.24) is 19.9 Å². The summed E-state index contributed by atoms with van der Waals surface area (Å²) in [6.45, 7) is 0. The fraction of sp³-hybridized carbons (Fsp3) is 0. The first kappa shape index (κ1) is 31.8. The van der Waals surface area contributed by atoms with Crippen LogP contribution in [0.2, 0.25) is 0 Å². The van der Waals surface area contributed by atoms with Gasteiger partial charge in [0, 0.05) is 39.1 Å². The van der Waals surface area contributed by atoms with E-state index in [1.54, 1.807) is 0 Å². The second kappa shape index (κ2) is 13.0. The number of hydrogen-bond donors (Lipinski definition) is 0. The molecule has 11 rings (SSSR count). The molecule has 11 aromatic rings. The zero-order chi connectivity index (χ0) is 37.0. The molecule has 0 aliphatic carbocycles. The summed E-state index contributed by atoms with van der Waals surface area (Å²) in [6.07, 6.45) is 0. The van der Waals surface area contributed by atoms with E-state index in [0.29, 0.717) is 28.9 Å². The number of aromatic nitrogens is 4. The molecule has 0 aliphatic heterocycles. The Morgan fingerprint density at radius 1 is 0.286 bits per heavy atom. The van der Waals surface area contributed by atoms with Crippen molar-refractivity contribution in [2.24, 2.45) is 0 Å². The SMILES string of the molecule is c1ccc(-c2nc(-c3ccccc3)nc(-c3ccc(-c4ccc(-c5ccc(-c6nc7cc8c(cc7o6)oc6ccccc68)c6ccccc56)cc4)cc3)n2)cc1. The lowest BCUT2D eigenvalue weighted by Crippen LogP contribution is -2.00. The summed E-state index contributed by atoms with van der Waals surface area (Å²) in [5.74, 6) is 2.51. The molecule has 6 nitrogen and oxygen atoms in total. The monoisotopic (exact) mass is 718 g/mol. The summed E-state index contributed by atoms with van der Waals surface area (Å²) >= 11 is 0. The molecule has 0 bridgehead atoms. The third kappa shape index (κ3) is 5.51. The second-order valence-electron chi connectivity index (χ2n) is 13.8. The van der Waals surface area contributed by atoms with Crippen LogP contribution in [0.15, 0.2) is 191 Å². The highest BCUT2D eigenvalue weighted by molar-refractivity contribution is 6.09. The van der Waals surface area contributed by atoms with Gasteiger partial charge in [-0.1, -0.05) is 158 Å². The summed E-state index contributed by atoms with van der Waals surface area (Å²) in [4.78, 5) is 19.6. The largest absolute Gasteiger partial charge is 0.456 e. The van der Waals surface area contributed by atoms with Gasteiger partial charge in [0.25, 0.3) is 0 Å². The summed E-state index contributed by atoms with van der Waals surface area (Å²) in [5.41, 5.74) is 11.4. The maximum absolute atomic E-state index is 6.38. The molecule has 262 valence electrons. The van der Waals surface area contributed by atoms with Gasteiger partial charge in [-0.2, -0.15) is 0 Å². The molecular weight excluding hydrogens is 689 g/mol. The van der Waals surface area contributed by atoms with Crippen LogP contribution in [0.3, 0.4) is 0 Å². The number of para-hydroxylation sites is 1. The standard InChI is InChI=1S/C50H30N4O2/c1-3-11-34(12-4-1)47-52-48(35-13-5-2-6-14-35)54-49(53-47)36-25-21-32(22-26-36)31-19-23-33(24-20-31)37-27-28-41(39-16-8-7-15-38(37)39)50-51-43-29-42-40-17-9-10-18-44(40)55-45(42)30-46(43)56-50/h1-30H. The lowest BCUT2D eigenvalue weighted by molar-refractivity contribution is 0.618. The fourth-order valence-corrected chi connectivity index (χ4v) is 7.59. The van der Waals surface area contributed by atoms with E-state index in [2.05, 4.69) is 97.1 Å². The van der Waals surface area contributed by atoms with Gasteiger partial charge < -0.3 is 8.83 Å². The molecule has 0 N–H and O–H groups in total. The summed E-state index contributed by atoms with van der Waals surface area (Å²) in [7, 11) is 0. The van der Waals surface area contributed by atoms with Gasteiger partial charge in [0.1, 0.15) is 16.7 Å². The molecule has 3 aromatic heterocycles. The first-order valence-electron chi connectivity index (χ1n) is 18.5. The highest BCUT2D eigenvalue weighted by atomic mass is 16.4. The van der Waals surface area contributed by atoms with Crippen LogP contribution in [0.5, 0.6) is 0 Å². The van der Waals surface area contributed by atoms with Crippen molar-refractivity contribution in [3.8, 4) is 67.9 Å². The topological polar surface area (TPSA) is 77.8 Å². The lowest BCUT2D eigenvalue weighted by atomic mass is 9.93. The van der Waals surface area contributed by atoms with Crippen molar-refractivity contribution in [2.45, 2.75) is 0 Å². The van der Waals surface area contributed by atoms with Crippen molar-refractivity contribution in [3.63, 3.8) is 0 Å². The van der Waals surface area contributed by atoms with Crippen LogP contribution in [0.1, 0.15) is 0 Å². The minimum absolute atomic E-state index is 0.586. The Kier molecular flexibility index (Phi) is 7.38. The Hall–Kier alpha value is -7.70. The summed E-state index contributed by atoms with van der Waals surface area (Å²) in [5, 5.41) is 4.31. The van der Waals surface area contributed by atoms with E-state index in [1.165, 1.54) is 0 Å². The van der Waals surface area contributed by atoms with Gasteiger partial charge in [-0.3, -0.25) is 0 Å². The second-order valence-corrected chi connectivity index (χ2v) is 13.8. The van der Waals surface area contributed by atoms with Gasteiger partial charge in [-0.25, -0.2) is 19.9 Å². The van der Waals surface area contributed by atoms with Crippen molar-refractivity contribution in [1.29, 1.82) is 0 Å². The van der Waals surface area contributed by atoms with Gasteiger partial charge in [0.05, 0.1) is 0 Å². The first-order valence-corrected chi connectivity index (χ1v) is 18.5. The Balaban J connectivity index is 0.903. The Morgan fingerprint density at radius 3 is 1.39 bits per heavy atom. The molecule has 0 atom stereocenters. The van der Waals surface area contributed by atoms with E-state index in [1.807, 2.05) is 84.9 Å². The van der Waals surface area contributed by atoms with E-state index >= 15 is 0 Å². The number of rotatable bonds is 6. The number of fused-ring (bicyclic) bond motifs is 5. The van der Waals surface area contributed by atoms with E-state index < -0.39 is 0 Å². The Bertz CT molecular complexity index is 3170. The van der Waals surface area contributed by atoms with Gasteiger partial charge >= 0.3 is 0 Å². The van der Waals surface area contributed by atoms with Crippen LogP contribution in [0, 0.1) is 0 Å². The number of benzene rings is 8. The van der Waals surface area contributed by atoms with Crippen molar-refractivity contribution in [2.75, 3.05) is 0 Å². The fourth-order valence-electron chi connectivity index (χ4n) is 7.59. The van der Waals surface area contributed by atoms with Crippen LogP contribution in [-0.4, -0.2) is 19.9 Å². The van der Waals surface area contributed by atoms with Crippen LogP contribution in [-0.2, 0) is 0 Å². The average Bonchev–Trinajstić information content (AvgIpc) is 3.86. The summed E-state index contributed by atoms with van der Waals surface area (Å²) in [6, 6.07) is 62.0. The molecular formula is C50H30N4O2. The number of hydrogen-bond acceptors (Lipinski definition) is 6. The predicted octanol–water partition coefficient (Wildman–Crippen LogP) is 13.1. The molecule has 0 saturated carbocycles. The van der Waals surface area contributed by atoms with Crippen LogP contribution < -0.4 is 0 Å². The molecule has 0 radical (unpaired) electrons. The molecule has 0 unspecified atom stereocenters. The predicted molar refractivity (Wildman–Crippen MR) is 225 cm³/mol. The molecule has 0 amide bonds. The Labute approximate surface area is 321 Å². The maximum Gasteiger partial charge on any atom is 0.227 e. The molecule has 0 aliphatic rings. The number of oxazole rings is 1. The summed E-state index contributed by atoms with van der Waals surface area (Å²) < 4.78 is 12.5. The molecule has 0 fully saturated rings.